The van der Waals surface area contributed by atoms with Crippen LogP contribution in [0.5, 0.6) is 0 Å². The monoisotopic (exact) mass is 214 g/mol. The van der Waals surface area contributed by atoms with Crippen LogP contribution in [0.2, 0.25) is 0 Å². The molecule has 0 aliphatic carbocycles. The van der Waals surface area contributed by atoms with E-state index in [1.165, 1.54) is 25.7 Å². The molecule has 5 heteroatoms. The molecule has 2 saturated heterocycles. The van der Waals surface area contributed by atoms with E-state index >= 15 is 0 Å². The molecule has 2 nitrogen and oxygen atoms in total. The van der Waals surface area contributed by atoms with Crippen molar-refractivity contribution >= 4 is 54.6 Å². The van der Waals surface area contributed by atoms with Crippen molar-refractivity contribution in [1.82, 2.24) is 0 Å². The predicted molar refractivity (Wildman–Crippen MR) is 68.5 cm³/mol. The van der Waals surface area contributed by atoms with E-state index in [0.29, 0.717) is 0 Å². The summed E-state index contributed by atoms with van der Waals surface area (Å²) in [6.07, 6.45) is 5.11. The molecule has 0 aromatic rings. The van der Waals surface area contributed by atoms with E-state index in [4.69, 9.17) is 9.47 Å². The maximum Gasteiger partial charge on any atom is 2.00 e. The maximum absolute atomic E-state index is 4.94. The van der Waals surface area contributed by atoms with Gasteiger partial charge in [0.2, 0.25) is 0 Å². The summed E-state index contributed by atoms with van der Waals surface area (Å²) in [4.78, 5) is 0. The van der Waals surface area contributed by atoms with Gasteiger partial charge < -0.3 is 9.47 Å². The van der Waals surface area contributed by atoms with Gasteiger partial charge in [-0.3, -0.25) is 0 Å². The van der Waals surface area contributed by atoms with E-state index in [2.05, 4.69) is 0 Å². The Hall–Kier alpha value is 1.31. The minimum Gasteiger partial charge on any atom is -0.381 e. The van der Waals surface area contributed by atoms with Gasteiger partial charge in [0.25, 0.3) is 0 Å². The van der Waals surface area contributed by atoms with Crippen LogP contribution in [0.15, 0.2) is 0 Å². The Morgan fingerprint density at radius 2 is 0.769 bits per heavy atom. The van der Waals surface area contributed by atoms with E-state index in [9.17, 15) is 0 Å². The van der Waals surface area contributed by atoms with Gasteiger partial charge in [0.15, 0.2) is 0 Å². The summed E-state index contributed by atoms with van der Waals surface area (Å²) in [6, 6.07) is 0. The van der Waals surface area contributed by atoms with E-state index < -0.39 is 0 Å². The number of ether oxygens (including phenoxy) is 2. The molecule has 2 rings (SSSR count). The van der Waals surface area contributed by atoms with Crippen molar-refractivity contribution in [1.29, 1.82) is 0 Å². The standard InChI is InChI=1S/2C4H8O.2BH4.Ca/c2*1-2-4-5-3-1;;;/h2*1-4H2;2*1H4;/q;;2*-1;+2. The molecular weight excluding hydrogens is 190 g/mol. The van der Waals surface area contributed by atoms with Crippen LogP contribution in [0.25, 0.3) is 0 Å². The average Bonchev–Trinajstić information content (AvgIpc) is 2.67. The maximum atomic E-state index is 4.94. The summed E-state index contributed by atoms with van der Waals surface area (Å²) >= 11 is 0. The molecule has 2 aliphatic rings. The average molecular weight is 214 g/mol. The first kappa shape index (κ1) is 19.8. The molecular formula is C8H24B2CaO2. The summed E-state index contributed by atoms with van der Waals surface area (Å²) in [5.41, 5.74) is 0. The Bertz CT molecular complexity index is 53.3. The minimum absolute atomic E-state index is 0. The van der Waals surface area contributed by atoms with Crippen molar-refractivity contribution in [3.8, 4) is 0 Å². The Morgan fingerprint density at radius 3 is 0.846 bits per heavy atom. The molecule has 0 N–H and O–H groups in total. The summed E-state index contributed by atoms with van der Waals surface area (Å²) in [6.45, 7) is 4.00. The quantitative estimate of drug-likeness (QED) is 0.448. The van der Waals surface area contributed by atoms with Crippen LogP contribution in [0.4, 0.5) is 0 Å². The van der Waals surface area contributed by atoms with Crippen LogP contribution >= 0.6 is 0 Å². The van der Waals surface area contributed by atoms with Crippen molar-refractivity contribution in [3.63, 3.8) is 0 Å². The second kappa shape index (κ2) is 15.8. The topological polar surface area (TPSA) is 18.5 Å². The number of hydrogen-bond donors (Lipinski definition) is 0. The molecule has 0 radical (unpaired) electrons. The third-order valence-electron chi connectivity index (χ3n) is 1.65. The Labute approximate surface area is 115 Å². The molecule has 0 bridgehead atoms. The van der Waals surface area contributed by atoms with Gasteiger partial charge in [0.1, 0.15) is 0 Å². The molecule has 0 aromatic heterocycles. The third-order valence-corrected chi connectivity index (χ3v) is 1.65. The molecule has 76 valence electrons. The van der Waals surface area contributed by atoms with Crippen molar-refractivity contribution in [2.75, 3.05) is 26.4 Å². The first-order chi connectivity index (χ1) is 5.00. The first-order valence-electron chi connectivity index (χ1n) is 4.15. The van der Waals surface area contributed by atoms with E-state index in [-0.39, 0.29) is 54.6 Å². The summed E-state index contributed by atoms with van der Waals surface area (Å²) in [7, 11) is 0. The molecule has 2 heterocycles. The molecule has 0 atom stereocenters. The Morgan fingerprint density at radius 1 is 0.538 bits per heavy atom. The fourth-order valence-electron chi connectivity index (χ4n) is 1.02. The summed E-state index contributed by atoms with van der Waals surface area (Å²) < 4.78 is 9.89. The molecule has 0 spiro atoms. The van der Waals surface area contributed by atoms with Crippen molar-refractivity contribution < 1.29 is 9.47 Å². The van der Waals surface area contributed by atoms with E-state index in [0.717, 1.165) is 26.4 Å². The van der Waals surface area contributed by atoms with Crippen LogP contribution in [-0.4, -0.2) is 81.0 Å². The van der Waals surface area contributed by atoms with Crippen LogP contribution in [0.3, 0.4) is 0 Å². The van der Waals surface area contributed by atoms with Gasteiger partial charge in [-0.25, -0.2) is 0 Å². The molecule has 0 unspecified atom stereocenters. The number of hydrogen-bond acceptors (Lipinski definition) is 2. The smallest absolute Gasteiger partial charge is 0.381 e. The number of rotatable bonds is 0. The van der Waals surface area contributed by atoms with Crippen LogP contribution < -0.4 is 0 Å². The zero-order valence-corrected chi connectivity index (χ0v) is 9.39. The molecule has 0 amide bonds. The zero-order chi connectivity index (χ0) is 7.07. The molecule has 13 heavy (non-hydrogen) atoms. The fourth-order valence-corrected chi connectivity index (χ4v) is 1.02. The van der Waals surface area contributed by atoms with Crippen molar-refractivity contribution in [3.05, 3.63) is 0 Å². The third kappa shape index (κ3) is 13.3. The van der Waals surface area contributed by atoms with Crippen LogP contribution in [0, 0.1) is 0 Å². The Kier molecular flexibility index (Phi) is 24.0. The second-order valence-electron chi connectivity index (χ2n) is 2.64. The van der Waals surface area contributed by atoms with Crippen LogP contribution in [-0.2, 0) is 9.47 Å². The summed E-state index contributed by atoms with van der Waals surface area (Å²) in [5.74, 6) is 0. The Balaban J connectivity index is -0.000000125. The molecule has 0 aromatic carbocycles. The van der Waals surface area contributed by atoms with E-state index in [1.807, 2.05) is 0 Å². The first-order valence-corrected chi connectivity index (χ1v) is 4.15. The molecule has 0 saturated carbocycles. The van der Waals surface area contributed by atoms with Gasteiger partial charge >= 0.3 is 37.7 Å². The fraction of sp³-hybridized carbons (Fsp3) is 1.00. The van der Waals surface area contributed by atoms with Gasteiger partial charge in [-0.1, -0.05) is 16.8 Å². The minimum atomic E-state index is 0. The van der Waals surface area contributed by atoms with E-state index in [1.54, 1.807) is 0 Å². The van der Waals surface area contributed by atoms with Gasteiger partial charge in [-0.05, 0) is 25.7 Å². The molecule has 2 aliphatic heterocycles. The predicted octanol–water partition coefficient (Wildman–Crippen LogP) is -1.69. The van der Waals surface area contributed by atoms with Crippen LogP contribution in [0.1, 0.15) is 25.7 Å². The SMILES string of the molecule is C1CCOC1.C1CCOC1.[BH4-].[BH4-].[Ca+2]. The van der Waals surface area contributed by atoms with Gasteiger partial charge in [-0.15, -0.1) is 0 Å². The van der Waals surface area contributed by atoms with Crippen molar-refractivity contribution in [2.24, 2.45) is 0 Å². The summed E-state index contributed by atoms with van der Waals surface area (Å²) in [5, 5.41) is 0. The van der Waals surface area contributed by atoms with Gasteiger partial charge in [0.05, 0.1) is 0 Å². The normalized spacial score (nSPS) is 18.5. The van der Waals surface area contributed by atoms with Gasteiger partial charge in [-0.2, -0.15) is 0 Å². The largest absolute Gasteiger partial charge is 2.00 e. The van der Waals surface area contributed by atoms with Gasteiger partial charge in [0, 0.05) is 26.4 Å². The second-order valence-corrected chi connectivity index (χ2v) is 2.64. The zero-order valence-electron chi connectivity index (χ0n) is 7.18. The van der Waals surface area contributed by atoms with Crippen molar-refractivity contribution in [2.45, 2.75) is 25.7 Å². The molecule has 2 fully saturated rings.